The van der Waals surface area contributed by atoms with Crippen molar-refractivity contribution in [2.45, 2.75) is 24.4 Å². The Morgan fingerprint density at radius 1 is 1.29 bits per heavy atom. The summed E-state index contributed by atoms with van der Waals surface area (Å²) in [5, 5.41) is 19.5. The number of nitrogens with zero attached hydrogens (tertiary/aromatic N) is 1. The van der Waals surface area contributed by atoms with Gasteiger partial charge in [-0.3, -0.25) is 4.79 Å². The molecule has 116 valence electrons. The molecule has 12 heteroatoms. The van der Waals surface area contributed by atoms with Crippen LogP contribution in [0, 0.1) is 0 Å². The lowest BCUT2D eigenvalue weighted by atomic mass is 10.1. The van der Waals surface area contributed by atoms with E-state index in [1.807, 2.05) is 0 Å². The van der Waals surface area contributed by atoms with Crippen LogP contribution in [0.15, 0.2) is 6.20 Å². The molecule has 1 aliphatic rings. The number of imidazole rings is 1. The van der Waals surface area contributed by atoms with Crippen molar-refractivity contribution >= 4 is 19.4 Å². The van der Waals surface area contributed by atoms with Gasteiger partial charge < -0.3 is 25.7 Å². The van der Waals surface area contributed by atoms with E-state index < -0.39 is 43.8 Å². The number of carbonyl (C=O) groups is 2. The van der Waals surface area contributed by atoms with Crippen LogP contribution in [0.1, 0.15) is 22.4 Å². The number of nitrogens with two attached hydrogens (primary N) is 1. The van der Waals surface area contributed by atoms with E-state index in [4.69, 9.17) is 25.2 Å². The number of hydrogen-bond acceptors (Lipinski definition) is 9. The number of primary amides is 1. The molecule has 0 aromatic carbocycles. The highest BCUT2D eigenvalue weighted by atomic mass is 31.2. The summed E-state index contributed by atoms with van der Waals surface area (Å²) < 4.78 is 5.01. The van der Waals surface area contributed by atoms with Gasteiger partial charge in [-0.25, -0.2) is 9.78 Å². The largest absolute Gasteiger partial charge is 0.481 e. The summed E-state index contributed by atoms with van der Waals surface area (Å²) in [7, 11) is -4.89. The van der Waals surface area contributed by atoms with E-state index in [1.165, 1.54) is 0 Å². The molecule has 2 heterocycles. The molecule has 21 heavy (non-hydrogen) atoms. The van der Waals surface area contributed by atoms with Gasteiger partial charge >= 0.3 is 13.5 Å². The van der Waals surface area contributed by atoms with E-state index in [9.17, 15) is 19.8 Å². The average molecular weight is 322 g/mol. The molecule has 1 aromatic heterocycles. The maximum Gasteiger partial charge on any atom is 0.481 e. The number of hydrogen-bond donors (Lipinski definition) is 7. The standard InChI is InChI=1S/C9H12N3O8P/c10-7(15)2-1-11-8(12-2)5-3(13)4(14)6(20-5)9(16)21(17,18)19/h1,3-6,13-14,17-19H,(H2-,10,11,12,15)/p+1/t3-,4+,5?,6+/m1/s1. The smallest absolute Gasteiger partial charge is 0.387 e. The lowest BCUT2D eigenvalue weighted by Crippen LogP contribution is -2.36. The highest BCUT2D eigenvalue weighted by Crippen LogP contribution is 2.49. The molecule has 1 aromatic rings. The van der Waals surface area contributed by atoms with Crippen LogP contribution in [0.2, 0.25) is 0 Å². The number of aromatic amines is 1. The second-order valence-corrected chi connectivity index (χ2v) is 5.99. The van der Waals surface area contributed by atoms with Gasteiger partial charge in [0.05, 0.1) is 6.20 Å². The van der Waals surface area contributed by atoms with E-state index in [-0.39, 0.29) is 11.5 Å². The third-order valence-electron chi connectivity index (χ3n) is 2.93. The van der Waals surface area contributed by atoms with Gasteiger partial charge in [-0.1, -0.05) is 0 Å². The molecule has 1 aliphatic heterocycles. The third-order valence-corrected chi connectivity index (χ3v) is 3.78. The normalized spacial score (nSPS) is 29.6. The van der Waals surface area contributed by atoms with E-state index in [2.05, 4.69) is 9.97 Å². The molecular formula is C9H13N3O8P+. The first-order chi connectivity index (χ1) is 9.62. The van der Waals surface area contributed by atoms with Crippen molar-refractivity contribution in [3.63, 3.8) is 0 Å². The summed E-state index contributed by atoms with van der Waals surface area (Å²) >= 11 is 0. The average Bonchev–Trinajstić information content (AvgIpc) is 2.95. The molecular weight excluding hydrogens is 309 g/mol. The summed E-state index contributed by atoms with van der Waals surface area (Å²) in [5.74, 6) is -0.913. The minimum Gasteiger partial charge on any atom is -0.387 e. The first-order valence-corrected chi connectivity index (χ1v) is 7.25. The highest BCUT2D eigenvalue weighted by molar-refractivity contribution is 7.76. The Morgan fingerprint density at radius 2 is 1.90 bits per heavy atom. The first kappa shape index (κ1) is 15.9. The molecule has 8 N–H and O–H groups in total. The number of H-pyrrole nitrogens is 1. The number of carbonyl (C=O) groups excluding carboxylic acids is 2. The quantitative estimate of drug-likeness (QED) is 0.281. The van der Waals surface area contributed by atoms with Gasteiger partial charge in [0.2, 0.25) is 0 Å². The molecule has 1 saturated heterocycles. The molecule has 0 bridgehead atoms. The fourth-order valence-electron chi connectivity index (χ4n) is 1.88. The molecule has 0 aliphatic carbocycles. The van der Waals surface area contributed by atoms with Crippen LogP contribution in [0.5, 0.6) is 0 Å². The third kappa shape index (κ3) is 2.94. The Labute approximate surface area is 117 Å². The molecule has 0 radical (unpaired) electrons. The SMILES string of the molecule is NC(=O)c1cnc(C2O[C@H](C(=O)[P+](O)(O)O)[C@@H](O)[C@H]2O)[nH]1. The Bertz CT molecular complexity index is 570. The number of nitrogens with one attached hydrogen (secondary N) is 1. The number of aliphatic hydroxyl groups is 2. The van der Waals surface area contributed by atoms with Crippen LogP contribution in [0.4, 0.5) is 0 Å². The second-order valence-electron chi connectivity index (χ2n) is 4.41. The number of rotatable bonds is 4. The topological polar surface area (TPSA) is 199 Å². The number of amides is 1. The Balaban J connectivity index is 2.23. The maximum atomic E-state index is 11.5. The molecule has 1 unspecified atom stereocenters. The summed E-state index contributed by atoms with van der Waals surface area (Å²) in [6, 6.07) is 0. The molecule has 4 atom stereocenters. The van der Waals surface area contributed by atoms with Crippen LogP contribution in [0.25, 0.3) is 0 Å². The molecule has 11 nitrogen and oxygen atoms in total. The minimum absolute atomic E-state index is 0.0848. The van der Waals surface area contributed by atoms with Crippen molar-refractivity contribution < 1.29 is 39.2 Å². The first-order valence-electron chi connectivity index (χ1n) is 5.61. The van der Waals surface area contributed by atoms with E-state index in [0.29, 0.717) is 0 Å². The highest BCUT2D eigenvalue weighted by Gasteiger charge is 2.58. The zero-order chi connectivity index (χ0) is 15.9. The molecule has 0 saturated carbocycles. The Hall–Kier alpha value is -1.46. The minimum atomic E-state index is -4.89. The van der Waals surface area contributed by atoms with Crippen molar-refractivity contribution in [2.75, 3.05) is 0 Å². The van der Waals surface area contributed by atoms with Crippen molar-refractivity contribution in [3.8, 4) is 0 Å². The monoisotopic (exact) mass is 322 g/mol. The van der Waals surface area contributed by atoms with Crippen molar-refractivity contribution in [2.24, 2.45) is 5.73 Å². The Kier molecular flexibility index (Phi) is 4.08. The summed E-state index contributed by atoms with van der Waals surface area (Å²) in [5.41, 5.74) is 3.38. The fourth-order valence-corrected chi connectivity index (χ4v) is 2.44. The molecule has 1 amide bonds. The van der Waals surface area contributed by atoms with Crippen LogP contribution in [-0.2, 0) is 9.53 Å². The van der Waals surface area contributed by atoms with Gasteiger partial charge in [0.1, 0.15) is 29.8 Å². The zero-order valence-electron chi connectivity index (χ0n) is 10.3. The predicted molar refractivity (Wildman–Crippen MR) is 65.3 cm³/mol. The number of ether oxygens (including phenoxy) is 1. The lowest BCUT2D eigenvalue weighted by Gasteiger charge is -2.11. The predicted octanol–water partition coefficient (Wildman–Crippen LogP) is -3.06. The van der Waals surface area contributed by atoms with Crippen LogP contribution < -0.4 is 5.73 Å². The van der Waals surface area contributed by atoms with Gasteiger partial charge in [0.15, 0.2) is 6.10 Å². The van der Waals surface area contributed by atoms with Crippen molar-refractivity contribution in [3.05, 3.63) is 17.7 Å². The number of aliphatic hydroxyl groups excluding tert-OH is 2. The number of aromatic nitrogens is 2. The lowest BCUT2D eigenvalue weighted by molar-refractivity contribution is -0.128. The molecule has 0 spiro atoms. The van der Waals surface area contributed by atoms with Gasteiger partial charge in [-0.2, -0.15) is 14.7 Å². The summed E-state index contributed by atoms with van der Waals surface area (Å²) in [6.45, 7) is 0. The van der Waals surface area contributed by atoms with Crippen LogP contribution >= 0.6 is 7.94 Å². The maximum absolute atomic E-state index is 11.5. The molecule has 2 rings (SSSR count). The summed E-state index contributed by atoms with van der Waals surface area (Å²) in [6.07, 6.45) is -5.57. The van der Waals surface area contributed by atoms with Gasteiger partial charge in [-0.15, -0.1) is 0 Å². The van der Waals surface area contributed by atoms with E-state index >= 15 is 0 Å². The van der Waals surface area contributed by atoms with E-state index in [0.717, 1.165) is 6.20 Å². The van der Waals surface area contributed by atoms with Crippen molar-refractivity contribution in [1.82, 2.24) is 9.97 Å². The Morgan fingerprint density at radius 3 is 2.38 bits per heavy atom. The second kappa shape index (κ2) is 5.39. The van der Waals surface area contributed by atoms with Gasteiger partial charge in [0.25, 0.3) is 5.91 Å². The zero-order valence-corrected chi connectivity index (χ0v) is 11.2. The summed E-state index contributed by atoms with van der Waals surface area (Å²) in [4.78, 5) is 55.3. The van der Waals surface area contributed by atoms with E-state index in [1.54, 1.807) is 0 Å². The van der Waals surface area contributed by atoms with Gasteiger partial charge in [-0.05, 0) is 0 Å². The van der Waals surface area contributed by atoms with Gasteiger partial charge in [0, 0.05) is 0 Å². The van der Waals surface area contributed by atoms with Crippen LogP contribution in [-0.4, -0.2) is 64.6 Å². The molecule has 1 fully saturated rings. The van der Waals surface area contributed by atoms with Crippen LogP contribution in [0.3, 0.4) is 0 Å². The fraction of sp³-hybridized carbons (Fsp3) is 0.444. The van der Waals surface area contributed by atoms with Crippen molar-refractivity contribution in [1.29, 1.82) is 0 Å².